The molecule has 0 unspecified atom stereocenters. The van der Waals surface area contributed by atoms with E-state index in [2.05, 4.69) is 0 Å². The number of carbonyl (C=O) groups excluding carboxylic acids is 1. The zero-order chi connectivity index (χ0) is 32.8. The Labute approximate surface area is 256 Å². The number of rotatable bonds is 11. The molecule has 2 fully saturated rings. The number of carbonyl (C=O) groups is 1. The molecule has 2 aromatic carbocycles. The van der Waals surface area contributed by atoms with Gasteiger partial charge in [-0.3, -0.25) is 0 Å². The van der Waals surface area contributed by atoms with Crippen molar-refractivity contribution >= 4 is 12.0 Å². The van der Waals surface area contributed by atoms with E-state index in [4.69, 9.17) is 23.7 Å². The summed E-state index contributed by atoms with van der Waals surface area (Å²) in [6.45, 7) is -1.20. The zero-order valence-electron chi connectivity index (χ0n) is 23.6. The molecule has 10 atom stereocenters. The average Bonchev–Trinajstić information content (AvgIpc) is 3.02. The number of benzene rings is 2. The standard InChI is InChI=1S/C29H36O16/c30-11-19-22(35)24(37)27(40)29(44-19)43-18-5-2-13(10-17(18)33)3-6-21(34)42-12-20-23(36)25(38)26(39)28(45-20)41-8-7-14-1-4-15(31)16(32)9-14/h1-6,9-10,19-20,22-33,35-40H,7-8,11-12H2/b6-3+/t19-,20-,22-,23-,24+,25+,26-,27-,28-,29-/m1/s1. The van der Waals surface area contributed by atoms with Gasteiger partial charge in [-0.1, -0.05) is 12.1 Å². The van der Waals surface area contributed by atoms with Crippen LogP contribution < -0.4 is 4.74 Å². The molecule has 2 heterocycles. The lowest BCUT2D eigenvalue weighted by molar-refractivity contribution is -0.301. The topological polar surface area (TPSA) is 266 Å². The molecule has 0 saturated carbocycles. The summed E-state index contributed by atoms with van der Waals surface area (Å²) >= 11 is 0. The van der Waals surface area contributed by atoms with Crippen LogP contribution in [0.25, 0.3) is 6.08 Å². The molecule has 4 rings (SSSR count). The predicted molar refractivity (Wildman–Crippen MR) is 149 cm³/mol. The van der Waals surface area contributed by atoms with Crippen molar-refractivity contribution in [2.24, 2.45) is 0 Å². The summed E-state index contributed by atoms with van der Waals surface area (Å²) in [4.78, 5) is 12.3. The molecule has 2 aliphatic rings. The number of phenolic OH excluding ortho intramolecular Hbond substituents is 3. The van der Waals surface area contributed by atoms with Gasteiger partial charge in [-0.25, -0.2) is 4.79 Å². The lowest BCUT2D eigenvalue weighted by atomic mass is 9.99. The van der Waals surface area contributed by atoms with Gasteiger partial charge in [0.2, 0.25) is 6.29 Å². The first-order chi connectivity index (χ1) is 21.4. The summed E-state index contributed by atoms with van der Waals surface area (Å²) < 4.78 is 26.8. The summed E-state index contributed by atoms with van der Waals surface area (Å²) in [5.41, 5.74) is 0.922. The van der Waals surface area contributed by atoms with E-state index in [1.165, 1.54) is 36.4 Å². The summed E-state index contributed by atoms with van der Waals surface area (Å²) in [6.07, 6.45) is -12.6. The molecular weight excluding hydrogens is 604 g/mol. The predicted octanol–water partition coefficient (Wildman–Crippen LogP) is -2.39. The molecule has 2 saturated heterocycles. The van der Waals surface area contributed by atoms with E-state index >= 15 is 0 Å². The van der Waals surface area contributed by atoms with E-state index < -0.39 is 86.3 Å². The average molecular weight is 641 g/mol. The maximum atomic E-state index is 12.3. The van der Waals surface area contributed by atoms with Crippen LogP contribution in [0.1, 0.15) is 11.1 Å². The fourth-order valence-corrected chi connectivity index (χ4v) is 4.61. The van der Waals surface area contributed by atoms with Crippen molar-refractivity contribution in [1.82, 2.24) is 0 Å². The molecule has 16 heteroatoms. The van der Waals surface area contributed by atoms with Gasteiger partial charge in [0.15, 0.2) is 29.3 Å². The zero-order valence-corrected chi connectivity index (χ0v) is 23.6. The highest BCUT2D eigenvalue weighted by Crippen LogP contribution is 2.32. The summed E-state index contributed by atoms with van der Waals surface area (Å²) in [6, 6.07) is 8.10. The molecule has 0 spiro atoms. The van der Waals surface area contributed by atoms with E-state index in [-0.39, 0.29) is 30.3 Å². The Bertz CT molecular complexity index is 1320. The fraction of sp³-hybridized carbons (Fsp3) is 0.483. The van der Waals surface area contributed by atoms with Crippen LogP contribution in [0.4, 0.5) is 0 Å². The Morgan fingerprint density at radius 3 is 2.09 bits per heavy atom. The molecule has 2 aliphatic heterocycles. The van der Waals surface area contributed by atoms with Crippen molar-refractivity contribution in [3.63, 3.8) is 0 Å². The van der Waals surface area contributed by atoms with Gasteiger partial charge in [0, 0.05) is 6.08 Å². The van der Waals surface area contributed by atoms with Crippen LogP contribution in [0.2, 0.25) is 0 Å². The molecule has 0 aliphatic carbocycles. The number of phenols is 3. The maximum absolute atomic E-state index is 12.3. The first kappa shape index (κ1) is 34.3. The van der Waals surface area contributed by atoms with Crippen LogP contribution in [0.3, 0.4) is 0 Å². The minimum absolute atomic E-state index is 0.0246. The SMILES string of the molecule is O=C(/C=C/c1ccc(O[C@@H]2O[C@H](CO)[C@@H](O)[C@H](O)[C@H]2O)c(O)c1)OC[C@H]1O[C@@H](OCCc2ccc(O)c(O)c2)[C@H](O)[C@@H](O)[C@@H]1O. The largest absolute Gasteiger partial charge is 0.504 e. The van der Waals surface area contributed by atoms with Crippen LogP contribution in [-0.2, 0) is 30.2 Å². The maximum Gasteiger partial charge on any atom is 0.330 e. The molecule has 16 nitrogen and oxygen atoms in total. The monoisotopic (exact) mass is 640 g/mol. The molecule has 0 amide bonds. The smallest absolute Gasteiger partial charge is 0.330 e. The van der Waals surface area contributed by atoms with Gasteiger partial charge in [0.25, 0.3) is 0 Å². The fourth-order valence-electron chi connectivity index (χ4n) is 4.61. The minimum Gasteiger partial charge on any atom is -0.504 e. The summed E-state index contributed by atoms with van der Waals surface area (Å²) in [5.74, 6) is -2.07. The van der Waals surface area contributed by atoms with Gasteiger partial charge >= 0.3 is 5.97 Å². The van der Waals surface area contributed by atoms with E-state index in [0.717, 1.165) is 6.08 Å². The molecule has 248 valence electrons. The Morgan fingerprint density at radius 2 is 1.42 bits per heavy atom. The summed E-state index contributed by atoms with van der Waals surface area (Å²) in [5, 5.41) is 99.3. The molecule has 0 radical (unpaired) electrons. The van der Waals surface area contributed by atoms with E-state index in [1.54, 1.807) is 6.07 Å². The molecule has 0 bridgehead atoms. The highest BCUT2D eigenvalue weighted by Gasteiger charge is 2.46. The van der Waals surface area contributed by atoms with Crippen LogP contribution in [0.5, 0.6) is 23.0 Å². The van der Waals surface area contributed by atoms with E-state index in [0.29, 0.717) is 11.1 Å². The van der Waals surface area contributed by atoms with Crippen LogP contribution >= 0.6 is 0 Å². The van der Waals surface area contributed by atoms with E-state index in [1.807, 2.05) is 0 Å². The van der Waals surface area contributed by atoms with Gasteiger partial charge in [-0.15, -0.1) is 0 Å². The molecule has 45 heavy (non-hydrogen) atoms. The van der Waals surface area contributed by atoms with Gasteiger partial charge in [-0.2, -0.15) is 0 Å². The number of hydrogen-bond acceptors (Lipinski definition) is 16. The van der Waals surface area contributed by atoms with Gasteiger partial charge < -0.3 is 74.7 Å². The van der Waals surface area contributed by atoms with Crippen molar-refractivity contribution in [3.8, 4) is 23.0 Å². The number of aliphatic hydroxyl groups is 7. The number of ether oxygens (including phenoxy) is 5. The third-order valence-electron chi connectivity index (χ3n) is 7.26. The Hall–Kier alpha value is -3.55. The first-order valence-corrected chi connectivity index (χ1v) is 13.9. The highest BCUT2D eigenvalue weighted by atomic mass is 16.7. The Kier molecular flexibility index (Phi) is 11.6. The number of aliphatic hydroxyl groups excluding tert-OH is 7. The second-order valence-corrected chi connectivity index (χ2v) is 10.5. The Balaban J connectivity index is 1.28. The van der Waals surface area contributed by atoms with E-state index in [9.17, 15) is 55.9 Å². The minimum atomic E-state index is -1.68. The second-order valence-electron chi connectivity index (χ2n) is 10.5. The van der Waals surface area contributed by atoms with Crippen molar-refractivity contribution in [3.05, 3.63) is 53.6 Å². The summed E-state index contributed by atoms with van der Waals surface area (Å²) in [7, 11) is 0. The van der Waals surface area contributed by atoms with Crippen LogP contribution in [0, 0.1) is 0 Å². The number of hydrogen-bond donors (Lipinski definition) is 10. The third kappa shape index (κ3) is 8.39. The second kappa shape index (κ2) is 15.2. The first-order valence-electron chi connectivity index (χ1n) is 13.9. The Morgan fingerprint density at radius 1 is 0.756 bits per heavy atom. The normalized spacial score (nSPS) is 32.0. The van der Waals surface area contributed by atoms with Crippen LogP contribution in [0.15, 0.2) is 42.5 Å². The molecular formula is C29H36O16. The van der Waals surface area contributed by atoms with Crippen molar-refractivity contribution in [2.75, 3.05) is 19.8 Å². The lowest BCUT2D eigenvalue weighted by Crippen LogP contribution is -2.60. The highest BCUT2D eigenvalue weighted by molar-refractivity contribution is 5.87. The molecule has 10 N–H and O–H groups in total. The lowest BCUT2D eigenvalue weighted by Gasteiger charge is -2.39. The van der Waals surface area contributed by atoms with Gasteiger partial charge in [0.05, 0.1) is 13.2 Å². The van der Waals surface area contributed by atoms with Gasteiger partial charge in [-0.05, 0) is 47.9 Å². The van der Waals surface area contributed by atoms with Crippen molar-refractivity contribution in [2.45, 2.75) is 67.8 Å². The van der Waals surface area contributed by atoms with Crippen molar-refractivity contribution in [1.29, 1.82) is 0 Å². The number of aromatic hydroxyl groups is 3. The number of esters is 1. The molecule has 2 aromatic rings. The quantitative estimate of drug-likeness (QED) is 0.0697. The third-order valence-corrected chi connectivity index (χ3v) is 7.26. The van der Waals surface area contributed by atoms with Gasteiger partial charge in [0.1, 0.15) is 55.4 Å². The van der Waals surface area contributed by atoms with Crippen LogP contribution in [-0.4, -0.2) is 138 Å². The van der Waals surface area contributed by atoms with Crippen molar-refractivity contribution < 1.29 is 79.5 Å². The molecule has 0 aromatic heterocycles.